The third-order valence-electron chi connectivity index (χ3n) is 3.09. The molecular weight excluding hydrogens is 353 g/mol. The van der Waals surface area contributed by atoms with Crippen molar-refractivity contribution < 1.29 is 17.9 Å². The molecule has 0 radical (unpaired) electrons. The second kappa shape index (κ2) is 8.70. The van der Waals surface area contributed by atoms with Crippen LogP contribution >= 0.6 is 11.3 Å². The van der Waals surface area contributed by atoms with Crippen LogP contribution in [-0.2, 0) is 13.1 Å². The third kappa shape index (κ3) is 7.00. The maximum atomic E-state index is 12.2. The normalized spacial score (nSPS) is 12.1. The molecule has 0 aliphatic heterocycles. The van der Waals surface area contributed by atoms with E-state index in [0.29, 0.717) is 19.0 Å². The fourth-order valence-electron chi connectivity index (χ4n) is 1.95. The lowest BCUT2D eigenvalue weighted by Gasteiger charge is -2.12. The number of nitrogens with one attached hydrogen (secondary N) is 2. The van der Waals surface area contributed by atoms with Gasteiger partial charge >= 0.3 is 6.18 Å². The molecule has 0 saturated heterocycles. The first-order chi connectivity index (χ1) is 11.9. The number of aromatic nitrogens is 1. The van der Waals surface area contributed by atoms with Crippen molar-refractivity contribution in [3.05, 3.63) is 45.8 Å². The van der Waals surface area contributed by atoms with E-state index in [9.17, 15) is 13.2 Å². The summed E-state index contributed by atoms with van der Waals surface area (Å²) >= 11 is 1.70. The number of thiophene rings is 1. The Morgan fingerprint density at radius 3 is 2.64 bits per heavy atom. The number of aryl methyl sites for hydroxylation is 1. The number of halogens is 3. The summed E-state index contributed by atoms with van der Waals surface area (Å²) in [5.41, 5.74) is 0.738. The van der Waals surface area contributed by atoms with Crippen LogP contribution in [0.15, 0.2) is 35.5 Å². The molecule has 0 spiro atoms. The average molecular weight is 372 g/mol. The molecule has 2 heterocycles. The zero-order chi connectivity index (χ0) is 18.3. The molecule has 2 N–H and O–H groups in total. The van der Waals surface area contributed by atoms with E-state index in [1.54, 1.807) is 24.5 Å². The minimum atomic E-state index is -4.39. The zero-order valence-corrected chi connectivity index (χ0v) is 14.7. The smallest absolute Gasteiger partial charge is 0.422 e. The van der Waals surface area contributed by atoms with Gasteiger partial charge in [-0.3, -0.25) is 4.99 Å². The maximum Gasteiger partial charge on any atom is 0.422 e. The van der Waals surface area contributed by atoms with Crippen molar-refractivity contribution in [2.24, 2.45) is 4.99 Å². The Balaban J connectivity index is 1.84. The second-order valence-electron chi connectivity index (χ2n) is 5.20. The van der Waals surface area contributed by atoms with Gasteiger partial charge in [0.25, 0.3) is 0 Å². The van der Waals surface area contributed by atoms with Crippen LogP contribution in [0.3, 0.4) is 0 Å². The molecule has 0 amide bonds. The fourth-order valence-corrected chi connectivity index (χ4v) is 2.78. The molecule has 0 aliphatic rings. The van der Waals surface area contributed by atoms with E-state index in [1.807, 2.05) is 13.0 Å². The molecule has 2 rings (SSSR count). The largest absolute Gasteiger partial charge is 0.468 e. The van der Waals surface area contributed by atoms with Gasteiger partial charge in [-0.2, -0.15) is 13.2 Å². The number of nitrogens with zero attached hydrogens (tertiary/aromatic N) is 2. The molecule has 2 aromatic heterocycles. The first-order valence-electron chi connectivity index (χ1n) is 7.50. The monoisotopic (exact) mass is 372 g/mol. The van der Waals surface area contributed by atoms with Crippen LogP contribution in [-0.4, -0.2) is 30.8 Å². The van der Waals surface area contributed by atoms with Crippen molar-refractivity contribution in [1.29, 1.82) is 0 Å². The minimum absolute atomic E-state index is 0.0615. The van der Waals surface area contributed by atoms with Crippen molar-refractivity contribution in [3.8, 4) is 5.88 Å². The Morgan fingerprint density at radius 1 is 1.24 bits per heavy atom. The molecule has 0 atom stereocenters. The van der Waals surface area contributed by atoms with E-state index in [0.717, 1.165) is 5.56 Å². The van der Waals surface area contributed by atoms with Gasteiger partial charge in [0.2, 0.25) is 5.88 Å². The third-order valence-corrected chi connectivity index (χ3v) is 4.09. The Hall–Kier alpha value is -2.29. The number of hydrogen-bond acceptors (Lipinski definition) is 4. The molecule has 136 valence electrons. The van der Waals surface area contributed by atoms with Crippen molar-refractivity contribution in [1.82, 2.24) is 15.6 Å². The summed E-state index contributed by atoms with van der Waals surface area (Å²) in [6.07, 6.45) is -2.98. The Morgan fingerprint density at radius 2 is 2.00 bits per heavy atom. The molecule has 0 aromatic carbocycles. The summed E-state index contributed by atoms with van der Waals surface area (Å²) in [4.78, 5) is 10.3. The number of hydrogen-bond donors (Lipinski definition) is 2. The summed E-state index contributed by atoms with van der Waals surface area (Å²) in [6.45, 7) is 1.71. The van der Waals surface area contributed by atoms with Crippen LogP contribution in [0.4, 0.5) is 13.2 Å². The van der Waals surface area contributed by atoms with E-state index in [2.05, 4.69) is 31.4 Å². The molecule has 0 aliphatic carbocycles. The second-order valence-corrected chi connectivity index (χ2v) is 6.57. The molecule has 0 fully saturated rings. The molecular formula is C16H19F3N4OS. The van der Waals surface area contributed by atoms with Crippen LogP contribution < -0.4 is 15.4 Å². The van der Waals surface area contributed by atoms with E-state index < -0.39 is 12.8 Å². The minimum Gasteiger partial charge on any atom is -0.468 e. The van der Waals surface area contributed by atoms with Gasteiger partial charge in [0.15, 0.2) is 12.6 Å². The van der Waals surface area contributed by atoms with Crippen molar-refractivity contribution >= 4 is 17.3 Å². The summed E-state index contributed by atoms with van der Waals surface area (Å²) in [7, 11) is 1.65. The Kier molecular flexibility index (Phi) is 6.63. The standard InChI is InChI=1S/C16H19F3N4OS/c1-11-3-4-13(25-11)9-23-15(20-2)22-8-12-5-6-21-14(7-12)24-10-16(17,18)19/h3-7H,8-10H2,1-2H3,(H2,20,22,23). The molecule has 0 bridgehead atoms. The molecule has 5 nitrogen and oxygen atoms in total. The first-order valence-corrected chi connectivity index (χ1v) is 8.31. The van der Waals surface area contributed by atoms with Crippen molar-refractivity contribution in [3.63, 3.8) is 0 Å². The predicted octanol–water partition coefficient (Wildman–Crippen LogP) is 3.26. The van der Waals surface area contributed by atoms with Gasteiger partial charge in [0.05, 0.1) is 6.54 Å². The van der Waals surface area contributed by atoms with Gasteiger partial charge in [-0.25, -0.2) is 4.98 Å². The van der Waals surface area contributed by atoms with E-state index in [4.69, 9.17) is 0 Å². The lowest BCUT2D eigenvalue weighted by molar-refractivity contribution is -0.154. The molecule has 9 heteroatoms. The van der Waals surface area contributed by atoms with E-state index >= 15 is 0 Å². The van der Waals surface area contributed by atoms with E-state index in [-0.39, 0.29) is 5.88 Å². The lowest BCUT2D eigenvalue weighted by atomic mass is 10.2. The number of ether oxygens (including phenoxy) is 1. The predicted molar refractivity (Wildman–Crippen MR) is 91.9 cm³/mol. The van der Waals surface area contributed by atoms with Gasteiger partial charge in [-0.15, -0.1) is 11.3 Å². The highest BCUT2D eigenvalue weighted by molar-refractivity contribution is 7.11. The van der Waals surface area contributed by atoms with Crippen LogP contribution in [0.1, 0.15) is 15.3 Å². The highest BCUT2D eigenvalue weighted by Gasteiger charge is 2.28. The molecule has 25 heavy (non-hydrogen) atoms. The highest BCUT2D eigenvalue weighted by atomic mass is 32.1. The van der Waals surface area contributed by atoms with Gasteiger partial charge in [0, 0.05) is 35.6 Å². The summed E-state index contributed by atoms with van der Waals surface area (Å²) in [6, 6.07) is 7.27. The zero-order valence-electron chi connectivity index (χ0n) is 13.9. The lowest BCUT2D eigenvalue weighted by Crippen LogP contribution is -2.36. The van der Waals surface area contributed by atoms with Gasteiger partial charge < -0.3 is 15.4 Å². The number of pyridine rings is 1. The topological polar surface area (TPSA) is 58.5 Å². The molecule has 2 aromatic rings. The molecule has 0 saturated carbocycles. The van der Waals surface area contributed by atoms with Gasteiger partial charge in [-0.1, -0.05) is 0 Å². The quantitative estimate of drug-likeness (QED) is 0.604. The SMILES string of the molecule is CN=C(NCc1ccnc(OCC(F)(F)F)c1)NCc1ccc(C)s1. The number of aliphatic imine (C=N–C) groups is 1. The van der Waals surface area contributed by atoms with Gasteiger partial charge in [0.1, 0.15) is 0 Å². The average Bonchev–Trinajstić information content (AvgIpc) is 2.98. The van der Waals surface area contributed by atoms with Crippen LogP contribution in [0.2, 0.25) is 0 Å². The number of alkyl halides is 3. The van der Waals surface area contributed by atoms with Crippen LogP contribution in [0.25, 0.3) is 0 Å². The van der Waals surface area contributed by atoms with E-state index in [1.165, 1.54) is 22.0 Å². The van der Waals surface area contributed by atoms with Crippen LogP contribution in [0, 0.1) is 6.92 Å². The number of rotatable bonds is 6. The van der Waals surface area contributed by atoms with Crippen molar-refractivity contribution in [2.45, 2.75) is 26.2 Å². The Bertz CT molecular complexity index is 715. The fraction of sp³-hybridized carbons (Fsp3) is 0.375. The molecule has 0 unspecified atom stereocenters. The summed E-state index contributed by atoms with van der Waals surface area (Å²) in [5.74, 6) is 0.536. The first kappa shape index (κ1) is 19.0. The highest BCUT2D eigenvalue weighted by Crippen LogP contribution is 2.17. The van der Waals surface area contributed by atoms with Crippen molar-refractivity contribution in [2.75, 3.05) is 13.7 Å². The maximum absolute atomic E-state index is 12.2. The van der Waals surface area contributed by atoms with Gasteiger partial charge in [-0.05, 0) is 30.7 Å². The van der Waals surface area contributed by atoms with Crippen LogP contribution in [0.5, 0.6) is 5.88 Å². The summed E-state index contributed by atoms with van der Waals surface area (Å²) < 4.78 is 41.2. The summed E-state index contributed by atoms with van der Waals surface area (Å²) in [5, 5.41) is 6.28. The number of guanidine groups is 1. The Labute approximate surface area is 148 Å².